The third-order valence-electron chi connectivity index (χ3n) is 11.6. The van der Waals surface area contributed by atoms with Crippen LogP contribution in [0.2, 0.25) is 10.0 Å². The van der Waals surface area contributed by atoms with Crippen LogP contribution in [0.4, 0.5) is 31.8 Å². The van der Waals surface area contributed by atoms with Gasteiger partial charge in [0.05, 0.1) is 24.0 Å². The predicted octanol–water partition coefficient (Wildman–Crippen LogP) is 7.87. The molecule has 4 N–H and O–H groups in total. The van der Waals surface area contributed by atoms with Crippen molar-refractivity contribution in [2.24, 2.45) is 0 Å². The first-order valence-corrected chi connectivity index (χ1v) is 22.9. The second-order valence-electron chi connectivity index (χ2n) is 19.4. The molecule has 0 radical (unpaired) electrons. The van der Waals surface area contributed by atoms with Crippen LogP contribution in [0.15, 0.2) is 70.5 Å². The molecule has 0 bridgehead atoms. The van der Waals surface area contributed by atoms with Gasteiger partial charge in [0.25, 0.3) is 0 Å². The van der Waals surface area contributed by atoms with Gasteiger partial charge in [0.15, 0.2) is 64.4 Å². The predicted molar refractivity (Wildman–Crippen MR) is 248 cm³/mol. The molecule has 26 heteroatoms. The van der Waals surface area contributed by atoms with E-state index in [-0.39, 0.29) is 33.5 Å². The average molecular weight is 1020 g/mol. The number of rotatable bonds is 8. The zero-order valence-electron chi connectivity index (χ0n) is 39.1. The Balaban J connectivity index is 0.000000165. The fourth-order valence-corrected chi connectivity index (χ4v) is 8.41. The molecule has 372 valence electrons. The Morgan fingerprint density at radius 2 is 1.07 bits per heavy atom. The Morgan fingerprint density at radius 1 is 0.606 bits per heavy atom. The molecule has 8 atom stereocenters. The first-order chi connectivity index (χ1) is 33.6. The summed E-state index contributed by atoms with van der Waals surface area (Å²) in [5.74, 6) is -0.135. The molecule has 2 aromatic carbocycles. The molecule has 9 heterocycles. The zero-order valence-corrected chi connectivity index (χ0v) is 40.6. The van der Waals surface area contributed by atoms with E-state index in [1.54, 1.807) is 17.0 Å². The smallest absolute Gasteiger partial charge is 0.248 e. The van der Waals surface area contributed by atoms with Gasteiger partial charge in [0.1, 0.15) is 48.7 Å². The fraction of sp³-hybridized carbons (Fsp3) is 0.422. The standard InChI is InChI=1S/C24H25ClFN7O4.C21H21ClFN7O4/c1-23(2,3)22-32-31-20(35-22)16-15-17(37-24(4,5)36-15)21(34-16)33-10-29-14-18(27-9-28-19(14)33)30-13-7-6-11(25)8-12(13)26;1-21(2,3)20-29-28-18(34-20)15-13(31)14(32)19(33-15)30-8-26-12-16(24-7-25-17(12)30)27-11-5-4-9(22)6-10(11)23/h6-10,15-17,21H,1-5H3,(H,27,28,30);4-8,13-15,19,31-32H,1-3H3,(H,24,25,27)/t15-,16-,17+,21+;13-,14+,15-,19+/m00/s1. The quantitative estimate of drug-likeness (QED) is 0.113. The molecular formula is C45H46Cl2F2N14O8. The minimum Gasteiger partial charge on any atom is -0.422 e. The Kier molecular flexibility index (Phi) is 12.3. The van der Waals surface area contributed by atoms with E-state index in [0.29, 0.717) is 50.8 Å². The minimum absolute atomic E-state index is 0.0543. The highest BCUT2D eigenvalue weighted by atomic mass is 35.5. The van der Waals surface area contributed by atoms with Gasteiger partial charge in [-0.15, -0.1) is 20.4 Å². The number of benzene rings is 2. The number of hydrogen-bond donors (Lipinski definition) is 4. The number of aromatic nitrogens is 12. The van der Waals surface area contributed by atoms with Crippen molar-refractivity contribution >= 4 is 68.5 Å². The number of nitrogens with one attached hydrogen (secondary N) is 2. The number of aliphatic hydroxyl groups excluding tert-OH is 2. The molecule has 3 aliphatic rings. The van der Waals surface area contributed by atoms with Gasteiger partial charge in [-0.05, 0) is 50.2 Å². The molecule has 3 aliphatic heterocycles. The molecule has 3 fully saturated rings. The monoisotopic (exact) mass is 1020 g/mol. The normalized spacial score (nSPS) is 24.1. The summed E-state index contributed by atoms with van der Waals surface area (Å²) in [7, 11) is 0. The number of anilines is 4. The molecule has 3 saturated heterocycles. The first-order valence-electron chi connectivity index (χ1n) is 22.1. The summed E-state index contributed by atoms with van der Waals surface area (Å²) in [6.45, 7) is 15.4. The zero-order chi connectivity index (χ0) is 50.3. The second kappa shape index (κ2) is 18.0. The van der Waals surface area contributed by atoms with Crippen LogP contribution in [-0.4, -0.2) is 99.8 Å². The molecule has 11 rings (SSSR count). The molecule has 0 unspecified atom stereocenters. The van der Waals surface area contributed by atoms with Gasteiger partial charge in [0.2, 0.25) is 23.6 Å². The van der Waals surface area contributed by atoms with Crippen molar-refractivity contribution in [2.75, 3.05) is 10.6 Å². The van der Waals surface area contributed by atoms with Crippen molar-refractivity contribution in [1.29, 1.82) is 0 Å². The largest absolute Gasteiger partial charge is 0.422 e. The van der Waals surface area contributed by atoms with Gasteiger partial charge in [-0.3, -0.25) is 9.13 Å². The van der Waals surface area contributed by atoms with Crippen molar-refractivity contribution in [1.82, 2.24) is 59.4 Å². The third-order valence-corrected chi connectivity index (χ3v) is 12.0. The molecule has 0 spiro atoms. The van der Waals surface area contributed by atoms with Crippen LogP contribution in [0.5, 0.6) is 0 Å². The lowest BCUT2D eigenvalue weighted by molar-refractivity contribution is -0.199. The number of nitrogens with zero attached hydrogens (tertiary/aromatic N) is 12. The molecule has 8 aromatic rings. The fourth-order valence-electron chi connectivity index (χ4n) is 8.09. The van der Waals surface area contributed by atoms with Crippen LogP contribution < -0.4 is 10.6 Å². The number of imidazole rings is 2. The Bertz CT molecular complexity index is 3270. The molecule has 71 heavy (non-hydrogen) atoms. The second-order valence-corrected chi connectivity index (χ2v) is 20.3. The lowest BCUT2D eigenvalue weighted by atomic mass is 9.97. The average Bonchev–Trinajstić information content (AvgIpc) is 4.17. The van der Waals surface area contributed by atoms with Gasteiger partial charge in [-0.1, -0.05) is 64.7 Å². The van der Waals surface area contributed by atoms with Gasteiger partial charge in [0, 0.05) is 20.9 Å². The summed E-state index contributed by atoms with van der Waals surface area (Å²) < 4.78 is 68.2. The number of fused-ring (bicyclic) bond motifs is 3. The van der Waals surface area contributed by atoms with E-state index in [1.165, 1.54) is 53.9 Å². The SMILES string of the molecule is CC(C)(C)c1nnc([C@H]2O[C@@H](n3cnc4c(Nc5ccc(Cl)cc5F)ncnc43)[C@H](O)[C@@H]2O)o1.CC1(C)O[C@@H]2[C@@H](O1)[C@H](n1cnc3c(Nc4ccc(Cl)cc4F)ncnc31)O[C@@H]2c1nnc(C(C)(C)C)o1. The van der Waals surface area contributed by atoms with Crippen LogP contribution >= 0.6 is 23.2 Å². The number of aliphatic hydroxyl groups is 2. The lowest BCUT2D eigenvalue weighted by Crippen LogP contribution is -2.29. The minimum atomic E-state index is -1.34. The molecule has 0 saturated carbocycles. The van der Waals surface area contributed by atoms with E-state index < -0.39 is 71.9 Å². The number of hydrogen-bond acceptors (Lipinski definition) is 20. The van der Waals surface area contributed by atoms with E-state index in [9.17, 15) is 19.0 Å². The van der Waals surface area contributed by atoms with Gasteiger partial charge in [-0.2, -0.15) is 0 Å². The van der Waals surface area contributed by atoms with Gasteiger partial charge >= 0.3 is 0 Å². The molecule has 22 nitrogen and oxygen atoms in total. The summed E-state index contributed by atoms with van der Waals surface area (Å²) in [4.78, 5) is 25.8. The van der Waals surface area contributed by atoms with Crippen LogP contribution in [-0.2, 0) is 29.8 Å². The highest BCUT2D eigenvalue weighted by Gasteiger charge is 2.58. The lowest BCUT2D eigenvalue weighted by Gasteiger charge is -2.24. The summed E-state index contributed by atoms with van der Waals surface area (Å²) in [5.41, 5.74) is 1.13. The van der Waals surface area contributed by atoms with Gasteiger partial charge < -0.3 is 48.6 Å². The van der Waals surface area contributed by atoms with Crippen molar-refractivity contribution < 1.29 is 46.8 Å². The summed E-state index contributed by atoms with van der Waals surface area (Å²) in [6, 6.07) is 8.52. The highest BCUT2D eigenvalue weighted by molar-refractivity contribution is 6.31. The molecule has 0 amide bonds. The Hall–Kier alpha value is -6.38. The van der Waals surface area contributed by atoms with Gasteiger partial charge in [-0.25, -0.2) is 38.7 Å². The molecule has 0 aliphatic carbocycles. The maximum atomic E-state index is 14.4. The Labute approximate surface area is 412 Å². The van der Waals surface area contributed by atoms with Crippen LogP contribution in [0.3, 0.4) is 0 Å². The van der Waals surface area contributed by atoms with E-state index in [0.717, 1.165) is 0 Å². The number of halogens is 4. The van der Waals surface area contributed by atoms with Crippen molar-refractivity contribution in [2.45, 2.75) is 121 Å². The maximum Gasteiger partial charge on any atom is 0.248 e. The topological polar surface area (TPSA) is 266 Å². The van der Waals surface area contributed by atoms with E-state index in [1.807, 2.05) is 55.4 Å². The van der Waals surface area contributed by atoms with E-state index >= 15 is 0 Å². The van der Waals surface area contributed by atoms with Crippen LogP contribution in [0, 0.1) is 11.6 Å². The highest BCUT2D eigenvalue weighted by Crippen LogP contribution is 2.50. The maximum absolute atomic E-state index is 14.4. The van der Waals surface area contributed by atoms with Crippen molar-refractivity contribution in [3.05, 3.63) is 107 Å². The van der Waals surface area contributed by atoms with E-state index in [4.69, 9.17) is 51.0 Å². The van der Waals surface area contributed by atoms with Crippen molar-refractivity contribution in [3.63, 3.8) is 0 Å². The number of ether oxygens (including phenoxy) is 4. The summed E-state index contributed by atoms with van der Waals surface area (Å²) in [5, 5.41) is 44.2. The molecule has 6 aromatic heterocycles. The third kappa shape index (κ3) is 9.25. The first kappa shape index (κ1) is 48.3. The van der Waals surface area contributed by atoms with E-state index in [2.05, 4.69) is 60.9 Å². The Morgan fingerprint density at radius 3 is 1.55 bits per heavy atom. The summed E-state index contributed by atoms with van der Waals surface area (Å²) >= 11 is 11.7. The van der Waals surface area contributed by atoms with Crippen molar-refractivity contribution in [3.8, 4) is 0 Å². The van der Waals surface area contributed by atoms with Crippen LogP contribution in [0.1, 0.15) is 104 Å². The molecular weight excluding hydrogens is 973 g/mol. The summed E-state index contributed by atoms with van der Waals surface area (Å²) in [6.07, 6.45) is -1.53. The van der Waals surface area contributed by atoms with Crippen LogP contribution in [0.25, 0.3) is 22.3 Å².